The minimum atomic E-state index is -0.566. The number of carbonyl (C=O) groups excluding carboxylic acids is 2. The van der Waals surface area contributed by atoms with Gasteiger partial charge in [-0.1, -0.05) is 11.6 Å². The molecule has 0 amide bonds. The van der Waals surface area contributed by atoms with Gasteiger partial charge in [-0.05, 0) is 50.2 Å². The highest BCUT2D eigenvalue weighted by Gasteiger charge is 2.19. The summed E-state index contributed by atoms with van der Waals surface area (Å²) in [6.07, 6.45) is 1.72. The summed E-state index contributed by atoms with van der Waals surface area (Å²) >= 11 is 7.37. The monoisotopic (exact) mass is 425 g/mol. The molecular formula is C21H16ClN3O3S. The first-order valence-electron chi connectivity index (χ1n) is 8.79. The van der Waals surface area contributed by atoms with Crippen LogP contribution in [-0.2, 0) is 4.74 Å². The molecule has 8 heteroatoms. The van der Waals surface area contributed by atoms with E-state index in [2.05, 4.69) is 9.97 Å². The number of ether oxygens (including phenoxy) is 1. The van der Waals surface area contributed by atoms with Gasteiger partial charge in [-0.25, -0.2) is 14.8 Å². The Morgan fingerprint density at radius 3 is 2.76 bits per heavy atom. The molecule has 3 aromatic heterocycles. The molecule has 146 valence electrons. The van der Waals surface area contributed by atoms with Gasteiger partial charge in [0, 0.05) is 33.9 Å². The second kappa shape index (κ2) is 7.77. The molecule has 0 saturated carbocycles. The third-order valence-corrected chi connectivity index (χ3v) is 5.53. The molecule has 0 bridgehead atoms. The molecular weight excluding hydrogens is 410 g/mol. The Morgan fingerprint density at radius 2 is 2.00 bits per heavy atom. The Hall–Kier alpha value is -3.03. The van der Waals surface area contributed by atoms with Gasteiger partial charge in [-0.2, -0.15) is 0 Å². The maximum absolute atomic E-state index is 12.7. The predicted octanol–water partition coefficient (Wildman–Crippen LogP) is 4.79. The SMILES string of the molecule is Cc1cc(C(=O)COC(=O)c2ccc3nc(Cl)ccc3c2)c(C)n1-c1nccs1. The summed E-state index contributed by atoms with van der Waals surface area (Å²) in [5, 5.41) is 3.82. The zero-order valence-corrected chi connectivity index (χ0v) is 17.3. The van der Waals surface area contributed by atoms with Crippen LogP contribution in [0.25, 0.3) is 16.0 Å². The normalized spacial score (nSPS) is 11.0. The number of thiazole rings is 1. The van der Waals surface area contributed by atoms with Crippen molar-refractivity contribution in [2.24, 2.45) is 0 Å². The summed E-state index contributed by atoms with van der Waals surface area (Å²) in [6.45, 7) is 3.43. The van der Waals surface area contributed by atoms with E-state index in [1.165, 1.54) is 11.3 Å². The number of esters is 1. The van der Waals surface area contributed by atoms with Crippen molar-refractivity contribution in [3.05, 3.63) is 75.6 Å². The Balaban J connectivity index is 1.49. The molecule has 4 rings (SSSR count). The van der Waals surface area contributed by atoms with Gasteiger partial charge in [0.05, 0.1) is 11.1 Å². The molecule has 0 unspecified atom stereocenters. The summed E-state index contributed by atoms with van der Waals surface area (Å²) in [7, 11) is 0. The number of hydrogen-bond acceptors (Lipinski definition) is 6. The van der Waals surface area contributed by atoms with Gasteiger partial charge in [-0.15, -0.1) is 11.3 Å². The number of aromatic nitrogens is 3. The Kier molecular flexibility index (Phi) is 5.17. The van der Waals surface area contributed by atoms with E-state index in [1.807, 2.05) is 23.8 Å². The highest BCUT2D eigenvalue weighted by molar-refractivity contribution is 7.12. The number of carbonyl (C=O) groups is 2. The molecule has 0 atom stereocenters. The first kappa shape index (κ1) is 19.3. The van der Waals surface area contributed by atoms with Crippen molar-refractivity contribution in [2.45, 2.75) is 13.8 Å². The lowest BCUT2D eigenvalue weighted by Crippen LogP contribution is -2.15. The number of hydrogen-bond donors (Lipinski definition) is 0. The van der Waals surface area contributed by atoms with E-state index in [0.717, 1.165) is 21.9 Å². The lowest BCUT2D eigenvalue weighted by molar-refractivity contribution is 0.0474. The van der Waals surface area contributed by atoms with Crippen LogP contribution in [0, 0.1) is 13.8 Å². The van der Waals surface area contributed by atoms with Crippen LogP contribution >= 0.6 is 22.9 Å². The standard InChI is InChI=1S/C21H16ClN3O3S/c1-12-9-16(13(2)25(12)21-23-7-8-29-21)18(26)11-28-20(27)15-3-5-17-14(10-15)4-6-19(22)24-17/h3-10H,11H2,1-2H3. The molecule has 4 aromatic rings. The number of halogens is 1. The van der Waals surface area contributed by atoms with Crippen molar-refractivity contribution < 1.29 is 14.3 Å². The van der Waals surface area contributed by atoms with Gasteiger partial charge in [0.15, 0.2) is 11.7 Å². The number of ketones is 1. The highest BCUT2D eigenvalue weighted by Crippen LogP contribution is 2.23. The first-order valence-corrected chi connectivity index (χ1v) is 10.1. The fourth-order valence-electron chi connectivity index (χ4n) is 3.19. The minimum Gasteiger partial charge on any atom is -0.454 e. The summed E-state index contributed by atoms with van der Waals surface area (Å²) in [4.78, 5) is 33.5. The van der Waals surface area contributed by atoms with Crippen molar-refractivity contribution in [1.82, 2.24) is 14.5 Å². The first-order chi connectivity index (χ1) is 13.9. The Labute approximate surface area is 175 Å². The molecule has 29 heavy (non-hydrogen) atoms. The molecule has 0 radical (unpaired) electrons. The Morgan fingerprint density at radius 1 is 1.17 bits per heavy atom. The fraction of sp³-hybridized carbons (Fsp3) is 0.143. The van der Waals surface area contributed by atoms with Gasteiger partial charge >= 0.3 is 5.97 Å². The number of fused-ring (bicyclic) bond motifs is 1. The second-order valence-electron chi connectivity index (χ2n) is 6.48. The summed E-state index contributed by atoms with van der Waals surface area (Å²) < 4.78 is 7.17. The maximum atomic E-state index is 12.7. The van der Waals surface area contributed by atoms with Crippen molar-refractivity contribution in [3.63, 3.8) is 0 Å². The lowest BCUT2D eigenvalue weighted by atomic mass is 10.1. The van der Waals surface area contributed by atoms with Crippen molar-refractivity contribution in [2.75, 3.05) is 6.61 Å². The molecule has 0 saturated heterocycles. The largest absolute Gasteiger partial charge is 0.454 e. The zero-order valence-electron chi connectivity index (χ0n) is 15.7. The quantitative estimate of drug-likeness (QED) is 0.261. The molecule has 0 aliphatic heterocycles. The van der Waals surface area contributed by atoms with E-state index in [-0.39, 0.29) is 12.4 Å². The van der Waals surface area contributed by atoms with Gasteiger partial charge in [-0.3, -0.25) is 9.36 Å². The minimum absolute atomic E-state index is 0.261. The van der Waals surface area contributed by atoms with Crippen molar-refractivity contribution >= 4 is 45.6 Å². The molecule has 0 aliphatic carbocycles. The zero-order chi connectivity index (χ0) is 20.5. The summed E-state index contributed by atoms with van der Waals surface area (Å²) in [6, 6.07) is 10.2. The van der Waals surface area contributed by atoms with E-state index in [1.54, 1.807) is 42.6 Å². The van der Waals surface area contributed by atoms with Crippen LogP contribution in [0.5, 0.6) is 0 Å². The Bertz CT molecular complexity index is 1230. The summed E-state index contributed by atoms with van der Waals surface area (Å²) in [5.74, 6) is -0.826. The van der Waals surface area contributed by atoms with E-state index in [9.17, 15) is 9.59 Å². The van der Waals surface area contributed by atoms with Crippen LogP contribution in [0.2, 0.25) is 5.15 Å². The van der Waals surface area contributed by atoms with Gasteiger partial charge in [0.1, 0.15) is 5.15 Å². The van der Waals surface area contributed by atoms with Crippen LogP contribution in [0.4, 0.5) is 0 Å². The molecule has 6 nitrogen and oxygen atoms in total. The van der Waals surface area contributed by atoms with Crippen LogP contribution in [-0.4, -0.2) is 32.9 Å². The average molecular weight is 426 g/mol. The molecule has 0 spiro atoms. The van der Waals surface area contributed by atoms with E-state index in [4.69, 9.17) is 16.3 Å². The topological polar surface area (TPSA) is 74.1 Å². The number of rotatable bonds is 5. The predicted molar refractivity (Wildman–Crippen MR) is 112 cm³/mol. The van der Waals surface area contributed by atoms with Crippen LogP contribution in [0.1, 0.15) is 32.1 Å². The number of nitrogens with zero attached hydrogens (tertiary/aromatic N) is 3. The van der Waals surface area contributed by atoms with E-state index in [0.29, 0.717) is 21.8 Å². The molecule has 0 aliphatic rings. The van der Waals surface area contributed by atoms with Crippen molar-refractivity contribution in [3.8, 4) is 5.13 Å². The molecule has 0 N–H and O–H groups in total. The molecule has 1 aromatic carbocycles. The smallest absolute Gasteiger partial charge is 0.338 e. The van der Waals surface area contributed by atoms with Gasteiger partial charge in [0.2, 0.25) is 5.78 Å². The summed E-state index contributed by atoms with van der Waals surface area (Å²) in [5.41, 5.74) is 3.21. The highest BCUT2D eigenvalue weighted by atomic mass is 35.5. The average Bonchev–Trinajstić information content (AvgIpc) is 3.33. The number of Topliss-reactive ketones (excluding diaryl/α,β-unsaturated/α-hetero) is 1. The van der Waals surface area contributed by atoms with E-state index < -0.39 is 5.97 Å². The van der Waals surface area contributed by atoms with Crippen LogP contribution in [0.15, 0.2) is 48.0 Å². The third-order valence-electron chi connectivity index (χ3n) is 4.57. The number of pyridine rings is 1. The second-order valence-corrected chi connectivity index (χ2v) is 7.74. The number of benzene rings is 1. The third kappa shape index (κ3) is 3.79. The van der Waals surface area contributed by atoms with E-state index >= 15 is 0 Å². The van der Waals surface area contributed by atoms with Crippen LogP contribution in [0.3, 0.4) is 0 Å². The van der Waals surface area contributed by atoms with Gasteiger partial charge in [0.25, 0.3) is 0 Å². The molecule has 3 heterocycles. The lowest BCUT2D eigenvalue weighted by Gasteiger charge is -2.07. The fourth-order valence-corrected chi connectivity index (χ4v) is 4.09. The van der Waals surface area contributed by atoms with Gasteiger partial charge < -0.3 is 4.74 Å². The van der Waals surface area contributed by atoms with Crippen molar-refractivity contribution in [1.29, 1.82) is 0 Å². The maximum Gasteiger partial charge on any atom is 0.338 e. The molecule has 0 fully saturated rings. The van der Waals surface area contributed by atoms with Crippen LogP contribution < -0.4 is 0 Å². The number of aryl methyl sites for hydroxylation is 1.